The van der Waals surface area contributed by atoms with Crippen molar-refractivity contribution in [1.82, 2.24) is 14.7 Å². The van der Waals surface area contributed by atoms with E-state index >= 15 is 0 Å². The minimum Gasteiger partial charge on any atom is -0.285 e. The van der Waals surface area contributed by atoms with E-state index in [-0.39, 0.29) is 6.04 Å². The van der Waals surface area contributed by atoms with E-state index in [2.05, 4.69) is 25.0 Å². The molecule has 0 radical (unpaired) electrons. The van der Waals surface area contributed by atoms with E-state index in [1.54, 1.807) is 0 Å². The fourth-order valence-electron chi connectivity index (χ4n) is 1.24. The van der Waals surface area contributed by atoms with Crippen LogP contribution in [0.25, 0.3) is 0 Å². The number of nitriles is 1. The summed E-state index contributed by atoms with van der Waals surface area (Å²) >= 11 is 0. The standard InChI is InChI=1S/C11H18N4/c1-9(2)15-6-5-11(13-15)8-14(4)10(3)7-12/h5-6,9-10H,8H2,1-4H3. The summed E-state index contributed by atoms with van der Waals surface area (Å²) in [7, 11) is 1.93. The molecule has 0 aromatic carbocycles. The van der Waals surface area contributed by atoms with E-state index in [1.807, 2.05) is 35.8 Å². The number of aromatic nitrogens is 2. The SMILES string of the molecule is CC(C#N)N(C)Cc1ccn(C(C)C)n1. The van der Waals surface area contributed by atoms with E-state index in [1.165, 1.54) is 0 Å². The molecule has 0 bridgehead atoms. The van der Waals surface area contributed by atoms with Gasteiger partial charge in [-0.1, -0.05) is 0 Å². The Hall–Kier alpha value is -1.34. The summed E-state index contributed by atoms with van der Waals surface area (Å²) in [5.41, 5.74) is 1.01. The van der Waals surface area contributed by atoms with Crippen LogP contribution in [0.3, 0.4) is 0 Å². The largest absolute Gasteiger partial charge is 0.285 e. The second kappa shape index (κ2) is 4.94. The Kier molecular flexibility index (Phi) is 3.87. The quantitative estimate of drug-likeness (QED) is 0.754. The molecule has 4 heteroatoms. The van der Waals surface area contributed by atoms with Crippen molar-refractivity contribution >= 4 is 0 Å². The van der Waals surface area contributed by atoms with Crippen molar-refractivity contribution in [1.29, 1.82) is 5.26 Å². The average Bonchev–Trinajstić information content (AvgIpc) is 2.65. The van der Waals surface area contributed by atoms with Crippen LogP contribution < -0.4 is 0 Å². The fourth-order valence-corrected chi connectivity index (χ4v) is 1.24. The molecule has 0 amide bonds. The van der Waals surface area contributed by atoms with Crippen LogP contribution in [0.5, 0.6) is 0 Å². The van der Waals surface area contributed by atoms with Gasteiger partial charge in [0.15, 0.2) is 0 Å². The first-order valence-corrected chi connectivity index (χ1v) is 5.18. The van der Waals surface area contributed by atoms with Crippen LogP contribution in [-0.4, -0.2) is 27.8 Å². The molecule has 1 unspecified atom stereocenters. The van der Waals surface area contributed by atoms with Crippen LogP contribution in [0.1, 0.15) is 32.5 Å². The molecule has 0 N–H and O–H groups in total. The molecule has 0 aliphatic carbocycles. The minimum absolute atomic E-state index is 0.0748. The molecular weight excluding hydrogens is 188 g/mol. The highest BCUT2D eigenvalue weighted by atomic mass is 15.3. The van der Waals surface area contributed by atoms with Gasteiger partial charge in [-0.2, -0.15) is 10.4 Å². The highest BCUT2D eigenvalue weighted by Crippen LogP contribution is 2.07. The van der Waals surface area contributed by atoms with Crippen molar-refractivity contribution in [2.75, 3.05) is 7.05 Å². The molecule has 0 fully saturated rings. The fraction of sp³-hybridized carbons (Fsp3) is 0.636. The van der Waals surface area contributed by atoms with Gasteiger partial charge in [-0.25, -0.2) is 0 Å². The van der Waals surface area contributed by atoms with Crippen LogP contribution in [0.4, 0.5) is 0 Å². The van der Waals surface area contributed by atoms with Crippen LogP contribution in [0.15, 0.2) is 12.3 Å². The molecule has 1 rings (SSSR count). The molecule has 0 spiro atoms. The van der Waals surface area contributed by atoms with E-state index in [0.717, 1.165) is 5.69 Å². The van der Waals surface area contributed by atoms with Crippen molar-refractivity contribution in [3.63, 3.8) is 0 Å². The first-order chi connectivity index (χ1) is 7.04. The number of rotatable bonds is 4. The van der Waals surface area contributed by atoms with E-state index in [0.29, 0.717) is 12.6 Å². The van der Waals surface area contributed by atoms with E-state index in [9.17, 15) is 0 Å². The van der Waals surface area contributed by atoms with Crippen LogP contribution in [0.2, 0.25) is 0 Å². The maximum atomic E-state index is 8.76. The third-order valence-corrected chi connectivity index (χ3v) is 2.45. The zero-order valence-corrected chi connectivity index (χ0v) is 9.81. The Bertz CT molecular complexity index is 348. The molecule has 82 valence electrons. The molecular formula is C11H18N4. The predicted octanol–water partition coefficient (Wildman–Crippen LogP) is 1.81. The van der Waals surface area contributed by atoms with Gasteiger partial charge in [0.1, 0.15) is 0 Å². The number of hydrogen-bond acceptors (Lipinski definition) is 3. The lowest BCUT2D eigenvalue weighted by Crippen LogP contribution is -2.27. The van der Waals surface area contributed by atoms with Gasteiger partial charge in [-0.15, -0.1) is 0 Å². The normalized spacial score (nSPS) is 13.1. The third kappa shape index (κ3) is 3.07. The van der Waals surface area contributed by atoms with Gasteiger partial charge in [0, 0.05) is 18.8 Å². The highest BCUT2D eigenvalue weighted by Gasteiger charge is 2.10. The number of hydrogen-bond donors (Lipinski definition) is 0. The second-order valence-electron chi connectivity index (χ2n) is 4.10. The molecule has 1 heterocycles. The van der Waals surface area contributed by atoms with Gasteiger partial charge >= 0.3 is 0 Å². The smallest absolute Gasteiger partial charge is 0.0950 e. The van der Waals surface area contributed by atoms with Crippen molar-refractivity contribution in [2.45, 2.75) is 39.4 Å². The van der Waals surface area contributed by atoms with Gasteiger partial charge < -0.3 is 0 Å². The summed E-state index contributed by atoms with van der Waals surface area (Å²) < 4.78 is 1.93. The summed E-state index contributed by atoms with van der Waals surface area (Å²) in [4.78, 5) is 1.98. The average molecular weight is 206 g/mol. The molecule has 1 aromatic heterocycles. The molecule has 0 saturated heterocycles. The molecule has 0 saturated carbocycles. The molecule has 4 nitrogen and oxygen atoms in total. The Morgan fingerprint density at radius 3 is 2.67 bits per heavy atom. The van der Waals surface area contributed by atoms with Crippen LogP contribution in [-0.2, 0) is 6.54 Å². The van der Waals surface area contributed by atoms with Crippen LogP contribution >= 0.6 is 0 Å². The van der Waals surface area contributed by atoms with Gasteiger partial charge in [0.2, 0.25) is 0 Å². The first-order valence-electron chi connectivity index (χ1n) is 5.18. The molecule has 0 aliphatic heterocycles. The van der Waals surface area contributed by atoms with Gasteiger partial charge in [-0.05, 0) is 33.9 Å². The third-order valence-electron chi connectivity index (χ3n) is 2.45. The monoisotopic (exact) mass is 206 g/mol. The van der Waals surface area contributed by atoms with E-state index in [4.69, 9.17) is 5.26 Å². The number of nitrogens with zero attached hydrogens (tertiary/aromatic N) is 4. The predicted molar refractivity (Wildman–Crippen MR) is 59.2 cm³/mol. The second-order valence-corrected chi connectivity index (χ2v) is 4.10. The van der Waals surface area contributed by atoms with Gasteiger partial charge in [0.25, 0.3) is 0 Å². The van der Waals surface area contributed by atoms with Gasteiger partial charge in [-0.3, -0.25) is 9.58 Å². The maximum Gasteiger partial charge on any atom is 0.0950 e. The van der Waals surface area contributed by atoms with Gasteiger partial charge in [0.05, 0.1) is 17.8 Å². The van der Waals surface area contributed by atoms with Crippen molar-refractivity contribution < 1.29 is 0 Å². The van der Waals surface area contributed by atoms with Crippen molar-refractivity contribution in [3.8, 4) is 6.07 Å². The summed E-state index contributed by atoms with van der Waals surface area (Å²) in [6.45, 7) is 6.80. The maximum absolute atomic E-state index is 8.76. The minimum atomic E-state index is -0.0748. The van der Waals surface area contributed by atoms with Crippen LogP contribution in [0, 0.1) is 11.3 Å². The van der Waals surface area contributed by atoms with E-state index < -0.39 is 0 Å². The highest BCUT2D eigenvalue weighted by molar-refractivity contribution is 5.01. The lowest BCUT2D eigenvalue weighted by atomic mass is 10.3. The Labute approximate surface area is 91.1 Å². The Morgan fingerprint density at radius 2 is 2.20 bits per heavy atom. The lowest BCUT2D eigenvalue weighted by Gasteiger charge is -2.17. The Balaban J connectivity index is 2.62. The zero-order valence-electron chi connectivity index (χ0n) is 9.81. The summed E-state index contributed by atoms with van der Waals surface area (Å²) in [5.74, 6) is 0. The molecule has 1 atom stereocenters. The molecule has 0 aliphatic rings. The topological polar surface area (TPSA) is 44.9 Å². The summed E-state index contributed by atoms with van der Waals surface area (Å²) in [6.07, 6.45) is 1.98. The Morgan fingerprint density at radius 1 is 1.53 bits per heavy atom. The summed E-state index contributed by atoms with van der Waals surface area (Å²) in [6, 6.07) is 4.52. The summed E-state index contributed by atoms with van der Waals surface area (Å²) in [5, 5.41) is 13.2. The zero-order chi connectivity index (χ0) is 11.4. The van der Waals surface area contributed by atoms with Crippen molar-refractivity contribution in [2.24, 2.45) is 0 Å². The van der Waals surface area contributed by atoms with Crippen molar-refractivity contribution in [3.05, 3.63) is 18.0 Å². The molecule has 1 aromatic rings. The molecule has 15 heavy (non-hydrogen) atoms. The first kappa shape index (κ1) is 11.7. The lowest BCUT2D eigenvalue weighted by molar-refractivity contribution is 0.289.